The van der Waals surface area contributed by atoms with Crippen molar-refractivity contribution in [3.63, 3.8) is 0 Å². The van der Waals surface area contributed by atoms with Gasteiger partial charge in [0.15, 0.2) is 5.84 Å². The minimum absolute atomic E-state index is 0.255. The Morgan fingerprint density at radius 2 is 2.58 bits per heavy atom. The highest BCUT2D eigenvalue weighted by Crippen LogP contribution is 2.16. The number of amidine groups is 1. The molecule has 1 fully saturated rings. The smallest absolute Gasteiger partial charge is 0.153 e. The van der Waals surface area contributed by atoms with E-state index in [0.29, 0.717) is 12.6 Å². The van der Waals surface area contributed by atoms with Crippen molar-refractivity contribution in [2.24, 2.45) is 10.9 Å². The quantitative estimate of drug-likeness (QED) is 0.257. The fourth-order valence-electron chi connectivity index (χ4n) is 1.19. The lowest BCUT2D eigenvalue weighted by molar-refractivity contribution is 0.316. The van der Waals surface area contributed by atoms with Gasteiger partial charge in [-0.15, -0.1) is 0 Å². The van der Waals surface area contributed by atoms with E-state index in [1.807, 2.05) is 11.8 Å². The Bertz CT molecular complexity index is 157. The average Bonchev–Trinajstić information content (AvgIpc) is 2.16. The van der Waals surface area contributed by atoms with Gasteiger partial charge in [-0.1, -0.05) is 5.16 Å². The summed E-state index contributed by atoms with van der Waals surface area (Å²) in [7, 11) is 0. The maximum Gasteiger partial charge on any atom is 0.153 e. The second kappa shape index (κ2) is 5.27. The van der Waals surface area contributed by atoms with Crippen LogP contribution in [-0.4, -0.2) is 35.1 Å². The van der Waals surface area contributed by atoms with Gasteiger partial charge in [-0.2, -0.15) is 11.8 Å². The van der Waals surface area contributed by atoms with Crippen molar-refractivity contribution in [2.75, 3.05) is 18.1 Å². The van der Waals surface area contributed by atoms with Crippen molar-refractivity contribution in [3.8, 4) is 0 Å². The first-order chi connectivity index (χ1) is 5.83. The van der Waals surface area contributed by atoms with E-state index in [-0.39, 0.29) is 5.84 Å². The summed E-state index contributed by atoms with van der Waals surface area (Å²) in [5, 5.41) is 14.4. The van der Waals surface area contributed by atoms with Gasteiger partial charge >= 0.3 is 0 Å². The summed E-state index contributed by atoms with van der Waals surface area (Å²) in [5.74, 6) is 2.66. The zero-order chi connectivity index (χ0) is 8.81. The van der Waals surface area contributed by atoms with Gasteiger partial charge in [0.05, 0.1) is 6.54 Å². The molecule has 0 radical (unpaired) electrons. The van der Waals surface area contributed by atoms with Gasteiger partial charge in [0.1, 0.15) is 0 Å². The molecular weight excluding hydrogens is 174 g/mol. The predicted molar refractivity (Wildman–Crippen MR) is 51.8 cm³/mol. The highest BCUT2D eigenvalue weighted by atomic mass is 32.2. The van der Waals surface area contributed by atoms with Crippen LogP contribution in [0.3, 0.4) is 0 Å². The van der Waals surface area contributed by atoms with Crippen LogP contribution in [0.2, 0.25) is 0 Å². The molecule has 0 spiro atoms. The second-order valence-corrected chi connectivity index (χ2v) is 4.04. The van der Waals surface area contributed by atoms with E-state index in [9.17, 15) is 0 Å². The molecule has 1 heterocycles. The lowest BCUT2D eigenvalue weighted by atomic mass is 10.2. The molecule has 70 valence electrons. The largest absolute Gasteiger partial charge is 0.409 e. The standard InChI is InChI=1S/C7H15N3OS/c8-7(10-11)4-9-6-2-1-3-12-5-6/h6,9,11H,1-5H2,(H2,8,10). The minimum Gasteiger partial charge on any atom is -0.409 e. The lowest BCUT2D eigenvalue weighted by Crippen LogP contribution is -2.39. The molecule has 1 atom stereocenters. The monoisotopic (exact) mass is 189 g/mol. The number of hydrogen-bond acceptors (Lipinski definition) is 4. The Morgan fingerprint density at radius 1 is 1.75 bits per heavy atom. The number of oxime groups is 1. The highest BCUT2D eigenvalue weighted by molar-refractivity contribution is 7.99. The molecule has 1 aliphatic rings. The molecular formula is C7H15N3OS. The van der Waals surface area contributed by atoms with E-state index in [1.54, 1.807) is 0 Å². The van der Waals surface area contributed by atoms with Crippen LogP contribution in [0.1, 0.15) is 12.8 Å². The third-order valence-corrected chi connectivity index (χ3v) is 3.08. The zero-order valence-corrected chi connectivity index (χ0v) is 7.81. The molecule has 0 aromatic rings. The van der Waals surface area contributed by atoms with E-state index >= 15 is 0 Å². The van der Waals surface area contributed by atoms with Crippen molar-refractivity contribution >= 4 is 17.6 Å². The predicted octanol–water partition coefficient (Wildman–Crippen LogP) is 0.218. The molecule has 1 aliphatic heterocycles. The summed E-state index contributed by atoms with van der Waals surface area (Å²) in [6.07, 6.45) is 2.46. The number of thioether (sulfide) groups is 1. The van der Waals surface area contributed by atoms with Crippen molar-refractivity contribution in [1.29, 1.82) is 0 Å². The summed E-state index contributed by atoms with van der Waals surface area (Å²) in [6, 6.07) is 0.532. The van der Waals surface area contributed by atoms with Crippen LogP contribution in [0.5, 0.6) is 0 Å². The Balaban J connectivity index is 2.13. The van der Waals surface area contributed by atoms with Gasteiger partial charge < -0.3 is 16.3 Å². The van der Waals surface area contributed by atoms with Crippen molar-refractivity contribution in [1.82, 2.24) is 5.32 Å². The van der Waals surface area contributed by atoms with Crippen LogP contribution >= 0.6 is 11.8 Å². The molecule has 1 saturated heterocycles. The van der Waals surface area contributed by atoms with Crippen LogP contribution < -0.4 is 11.1 Å². The van der Waals surface area contributed by atoms with Gasteiger partial charge in [0.25, 0.3) is 0 Å². The van der Waals surface area contributed by atoms with Crippen molar-refractivity contribution in [2.45, 2.75) is 18.9 Å². The van der Waals surface area contributed by atoms with E-state index in [1.165, 1.54) is 18.6 Å². The van der Waals surface area contributed by atoms with Crippen molar-refractivity contribution in [3.05, 3.63) is 0 Å². The lowest BCUT2D eigenvalue weighted by Gasteiger charge is -2.21. The van der Waals surface area contributed by atoms with Crippen LogP contribution in [0.25, 0.3) is 0 Å². The van der Waals surface area contributed by atoms with Gasteiger partial charge in [0, 0.05) is 11.8 Å². The molecule has 4 nitrogen and oxygen atoms in total. The Morgan fingerprint density at radius 3 is 3.17 bits per heavy atom. The minimum atomic E-state index is 0.255. The molecule has 0 amide bonds. The number of nitrogens with one attached hydrogen (secondary N) is 1. The molecule has 0 aromatic carbocycles. The molecule has 0 saturated carbocycles. The summed E-state index contributed by atoms with van der Waals surface area (Å²) < 4.78 is 0. The Hall–Kier alpha value is -0.420. The first-order valence-electron chi connectivity index (χ1n) is 4.10. The van der Waals surface area contributed by atoms with Crippen LogP contribution in [0, 0.1) is 0 Å². The first-order valence-corrected chi connectivity index (χ1v) is 5.26. The molecule has 0 bridgehead atoms. The molecule has 4 N–H and O–H groups in total. The molecule has 12 heavy (non-hydrogen) atoms. The molecule has 0 aromatic heterocycles. The maximum atomic E-state index is 8.28. The normalized spacial score (nSPS) is 25.7. The summed E-state index contributed by atoms with van der Waals surface area (Å²) in [6.45, 7) is 0.488. The fraction of sp³-hybridized carbons (Fsp3) is 0.857. The topological polar surface area (TPSA) is 70.6 Å². The number of hydrogen-bond donors (Lipinski definition) is 3. The first kappa shape index (κ1) is 9.67. The fourth-order valence-corrected chi connectivity index (χ4v) is 2.29. The molecule has 5 heteroatoms. The van der Waals surface area contributed by atoms with Gasteiger partial charge in [-0.05, 0) is 18.6 Å². The maximum absolute atomic E-state index is 8.28. The molecule has 1 rings (SSSR count). The Kier molecular flexibility index (Phi) is 4.24. The number of nitrogens with zero attached hydrogens (tertiary/aromatic N) is 1. The zero-order valence-electron chi connectivity index (χ0n) is 6.99. The summed E-state index contributed by atoms with van der Waals surface area (Å²) >= 11 is 1.96. The molecule has 1 unspecified atom stereocenters. The van der Waals surface area contributed by atoms with Gasteiger partial charge in [-0.25, -0.2) is 0 Å². The van der Waals surface area contributed by atoms with E-state index in [4.69, 9.17) is 10.9 Å². The van der Waals surface area contributed by atoms with Gasteiger partial charge in [0.2, 0.25) is 0 Å². The van der Waals surface area contributed by atoms with Gasteiger partial charge in [-0.3, -0.25) is 0 Å². The summed E-state index contributed by atoms with van der Waals surface area (Å²) in [5.41, 5.74) is 5.32. The van der Waals surface area contributed by atoms with E-state index < -0.39 is 0 Å². The second-order valence-electron chi connectivity index (χ2n) is 2.89. The Labute approximate surface area is 76.6 Å². The number of nitrogens with two attached hydrogens (primary N) is 1. The third-order valence-electron chi connectivity index (χ3n) is 1.86. The SMILES string of the molecule is NC(CNC1CCCSC1)=NO. The van der Waals surface area contributed by atoms with Crippen LogP contribution in [-0.2, 0) is 0 Å². The van der Waals surface area contributed by atoms with E-state index in [0.717, 1.165) is 5.75 Å². The summed E-state index contributed by atoms with van der Waals surface area (Å²) in [4.78, 5) is 0. The number of rotatable bonds is 3. The highest BCUT2D eigenvalue weighted by Gasteiger charge is 2.12. The third kappa shape index (κ3) is 3.32. The van der Waals surface area contributed by atoms with E-state index in [2.05, 4.69) is 10.5 Å². The van der Waals surface area contributed by atoms with Crippen LogP contribution in [0.4, 0.5) is 0 Å². The van der Waals surface area contributed by atoms with Crippen LogP contribution in [0.15, 0.2) is 5.16 Å². The average molecular weight is 189 g/mol. The molecule has 0 aliphatic carbocycles. The van der Waals surface area contributed by atoms with Crippen molar-refractivity contribution < 1.29 is 5.21 Å².